The minimum absolute atomic E-state index is 0.0980. The highest BCUT2D eigenvalue weighted by atomic mass is 19.1. The molecule has 0 spiro atoms. The molecule has 1 amide bonds. The minimum atomic E-state index is -0.976. The summed E-state index contributed by atoms with van der Waals surface area (Å²) in [6.45, 7) is 6.92. The van der Waals surface area contributed by atoms with E-state index < -0.39 is 23.5 Å². The van der Waals surface area contributed by atoms with Crippen LogP contribution in [0.4, 0.5) is 4.39 Å². The number of aliphatic hydroxyl groups is 1. The van der Waals surface area contributed by atoms with E-state index in [-0.39, 0.29) is 23.4 Å². The number of ketones is 1. The monoisotopic (exact) mass is 411 g/mol. The maximum Gasteiger partial charge on any atom is 0.295 e. The third-order valence-electron chi connectivity index (χ3n) is 5.46. The van der Waals surface area contributed by atoms with Gasteiger partial charge in [-0.3, -0.25) is 14.6 Å². The van der Waals surface area contributed by atoms with Crippen LogP contribution >= 0.6 is 0 Å². The van der Waals surface area contributed by atoms with Crippen LogP contribution in [0.2, 0.25) is 0 Å². The molecule has 1 N–H and O–H groups in total. The second-order valence-electron chi connectivity index (χ2n) is 7.13. The molecule has 30 heavy (non-hydrogen) atoms. The Morgan fingerprint density at radius 2 is 1.80 bits per heavy atom. The zero-order valence-corrected chi connectivity index (χ0v) is 17.2. The van der Waals surface area contributed by atoms with E-state index in [0.29, 0.717) is 12.0 Å². The van der Waals surface area contributed by atoms with Crippen LogP contribution in [-0.4, -0.2) is 57.8 Å². The molecular formula is C23H26FN3O3. The fourth-order valence-corrected chi connectivity index (χ4v) is 3.80. The van der Waals surface area contributed by atoms with Gasteiger partial charge in [0.15, 0.2) is 0 Å². The van der Waals surface area contributed by atoms with Gasteiger partial charge in [0.05, 0.1) is 11.6 Å². The molecule has 3 rings (SSSR count). The van der Waals surface area contributed by atoms with Crippen molar-refractivity contribution < 1.29 is 19.1 Å². The Labute approximate surface area is 175 Å². The summed E-state index contributed by atoms with van der Waals surface area (Å²) in [6.07, 6.45) is 3.59. The first-order valence-corrected chi connectivity index (χ1v) is 10.1. The topological polar surface area (TPSA) is 73.7 Å². The summed E-state index contributed by atoms with van der Waals surface area (Å²) in [5.74, 6) is -2.38. The van der Waals surface area contributed by atoms with Crippen molar-refractivity contribution in [3.63, 3.8) is 0 Å². The van der Waals surface area contributed by atoms with Crippen LogP contribution in [0.1, 0.15) is 37.4 Å². The molecule has 1 aromatic carbocycles. The van der Waals surface area contributed by atoms with Gasteiger partial charge in [0.1, 0.15) is 11.6 Å². The number of likely N-dealkylation sites (tertiary alicyclic amines) is 1. The van der Waals surface area contributed by atoms with Crippen molar-refractivity contribution in [2.24, 2.45) is 0 Å². The van der Waals surface area contributed by atoms with Crippen LogP contribution in [0.15, 0.2) is 54.4 Å². The Hall–Kier alpha value is -3.06. The van der Waals surface area contributed by atoms with E-state index in [9.17, 15) is 19.1 Å². The van der Waals surface area contributed by atoms with E-state index in [1.165, 1.54) is 23.4 Å². The molecule has 1 aliphatic heterocycles. The number of halogens is 1. The summed E-state index contributed by atoms with van der Waals surface area (Å²) in [5, 5.41) is 10.9. The summed E-state index contributed by atoms with van der Waals surface area (Å²) < 4.78 is 14.7. The van der Waals surface area contributed by atoms with E-state index >= 15 is 0 Å². The molecule has 1 aliphatic rings. The number of nitrogens with zero attached hydrogens (tertiary/aromatic N) is 3. The van der Waals surface area contributed by atoms with Crippen molar-refractivity contribution in [1.29, 1.82) is 0 Å². The second-order valence-corrected chi connectivity index (χ2v) is 7.13. The highest BCUT2D eigenvalue weighted by Crippen LogP contribution is 2.40. The zero-order chi connectivity index (χ0) is 21.7. The predicted molar refractivity (Wildman–Crippen MR) is 112 cm³/mol. The lowest BCUT2D eigenvalue weighted by Crippen LogP contribution is -2.33. The van der Waals surface area contributed by atoms with Gasteiger partial charge in [0, 0.05) is 30.1 Å². The van der Waals surface area contributed by atoms with Gasteiger partial charge in [-0.2, -0.15) is 0 Å². The van der Waals surface area contributed by atoms with Gasteiger partial charge < -0.3 is 14.9 Å². The van der Waals surface area contributed by atoms with Crippen LogP contribution in [0.25, 0.3) is 5.76 Å². The number of aliphatic hydroxyl groups excluding tert-OH is 1. The Kier molecular flexibility index (Phi) is 6.95. The number of benzene rings is 1. The molecule has 0 radical (unpaired) electrons. The van der Waals surface area contributed by atoms with Crippen molar-refractivity contribution in [1.82, 2.24) is 14.8 Å². The molecule has 0 bridgehead atoms. The first-order valence-electron chi connectivity index (χ1n) is 10.1. The summed E-state index contributed by atoms with van der Waals surface area (Å²) >= 11 is 0. The normalized spacial score (nSPS) is 18.4. The van der Waals surface area contributed by atoms with Gasteiger partial charge in [-0.15, -0.1) is 0 Å². The Morgan fingerprint density at radius 1 is 1.13 bits per heavy atom. The van der Waals surface area contributed by atoms with Gasteiger partial charge in [-0.25, -0.2) is 4.39 Å². The van der Waals surface area contributed by atoms with Crippen LogP contribution in [-0.2, 0) is 9.59 Å². The average molecular weight is 411 g/mol. The zero-order valence-electron chi connectivity index (χ0n) is 17.2. The molecular weight excluding hydrogens is 385 g/mol. The summed E-state index contributed by atoms with van der Waals surface area (Å²) in [5.41, 5.74) is 0.446. The molecule has 2 aromatic rings. The summed E-state index contributed by atoms with van der Waals surface area (Å²) in [6, 6.07) is 8.15. The van der Waals surface area contributed by atoms with E-state index in [4.69, 9.17) is 0 Å². The number of carbonyl (C=O) groups is 2. The number of aromatic nitrogens is 1. The first-order chi connectivity index (χ1) is 14.5. The quantitative estimate of drug-likeness (QED) is 0.410. The van der Waals surface area contributed by atoms with E-state index in [1.807, 2.05) is 0 Å². The van der Waals surface area contributed by atoms with Gasteiger partial charge in [0.2, 0.25) is 0 Å². The molecule has 0 aliphatic carbocycles. The van der Waals surface area contributed by atoms with E-state index in [2.05, 4.69) is 23.7 Å². The van der Waals surface area contributed by atoms with E-state index in [1.54, 1.807) is 30.3 Å². The van der Waals surface area contributed by atoms with Gasteiger partial charge in [-0.1, -0.05) is 32.0 Å². The highest BCUT2D eigenvalue weighted by molar-refractivity contribution is 6.46. The number of amides is 1. The predicted octanol–water partition coefficient (Wildman–Crippen LogP) is 3.37. The molecule has 2 heterocycles. The van der Waals surface area contributed by atoms with Crippen molar-refractivity contribution >= 4 is 17.4 Å². The fourth-order valence-electron chi connectivity index (χ4n) is 3.80. The lowest BCUT2D eigenvalue weighted by Gasteiger charge is -2.27. The van der Waals surface area contributed by atoms with Crippen LogP contribution in [0.3, 0.4) is 0 Å². The number of hydrogen-bond acceptors (Lipinski definition) is 5. The Bertz CT molecular complexity index is 942. The molecule has 1 unspecified atom stereocenters. The summed E-state index contributed by atoms with van der Waals surface area (Å²) in [7, 11) is 0. The average Bonchev–Trinajstić information content (AvgIpc) is 3.02. The van der Waals surface area contributed by atoms with Crippen LogP contribution in [0, 0.1) is 5.82 Å². The molecule has 1 fully saturated rings. The summed E-state index contributed by atoms with van der Waals surface area (Å²) in [4.78, 5) is 33.2. The smallest absolute Gasteiger partial charge is 0.295 e. The van der Waals surface area contributed by atoms with Gasteiger partial charge in [-0.05, 0) is 44.3 Å². The number of pyridine rings is 1. The SMILES string of the molecule is CCN(CC)CCCN1C(=O)C(=O)C(=C(O)c2ccncc2)C1c1ccccc1F. The third kappa shape index (κ3) is 4.26. The molecule has 1 aromatic heterocycles. The fraction of sp³-hybridized carbons (Fsp3) is 0.348. The van der Waals surface area contributed by atoms with Crippen molar-refractivity contribution in [2.45, 2.75) is 26.3 Å². The van der Waals surface area contributed by atoms with Crippen molar-refractivity contribution in [3.05, 3.63) is 71.3 Å². The van der Waals surface area contributed by atoms with Gasteiger partial charge >= 0.3 is 0 Å². The maximum atomic E-state index is 14.7. The van der Waals surface area contributed by atoms with Crippen LogP contribution in [0.5, 0.6) is 0 Å². The molecule has 0 saturated carbocycles. The Morgan fingerprint density at radius 3 is 2.43 bits per heavy atom. The molecule has 7 heteroatoms. The Balaban J connectivity index is 2.03. The number of Topliss-reactive ketones (excluding diaryl/α,β-unsaturated/α-hetero) is 1. The number of rotatable bonds is 8. The molecule has 158 valence electrons. The maximum absolute atomic E-state index is 14.7. The van der Waals surface area contributed by atoms with E-state index in [0.717, 1.165) is 19.6 Å². The third-order valence-corrected chi connectivity index (χ3v) is 5.46. The van der Waals surface area contributed by atoms with Crippen LogP contribution < -0.4 is 0 Å². The van der Waals surface area contributed by atoms with Crippen molar-refractivity contribution in [2.75, 3.05) is 26.2 Å². The van der Waals surface area contributed by atoms with Gasteiger partial charge in [0.25, 0.3) is 11.7 Å². The number of carbonyl (C=O) groups excluding carboxylic acids is 2. The van der Waals surface area contributed by atoms with Crippen molar-refractivity contribution in [3.8, 4) is 0 Å². The lowest BCUT2D eigenvalue weighted by molar-refractivity contribution is -0.140. The molecule has 1 atom stereocenters. The number of hydrogen-bond donors (Lipinski definition) is 1. The first kappa shape index (κ1) is 21.6. The molecule has 1 saturated heterocycles. The molecule has 6 nitrogen and oxygen atoms in total. The largest absolute Gasteiger partial charge is 0.507 e. The second kappa shape index (κ2) is 9.63. The standard InChI is InChI=1S/C23H26FN3O3/c1-3-26(4-2)14-7-15-27-20(17-8-5-6-9-18(17)24)19(22(29)23(27)30)21(28)16-10-12-25-13-11-16/h5-6,8-13,20,28H,3-4,7,14-15H2,1-2H3. The highest BCUT2D eigenvalue weighted by Gasteiger charge is 2.46. The lowest BCUT2D eigenvalue weighted by atomic mass is 9.95. The minimum Gasteiger partial charge on any atom is -0.507 e.